The van der Waals surface area contributed by atoms with Crippen LogP contribution in [0.15, 0.2) is 29.0 Å². The molecule has 0 saturated heterocycles. The Balaban J connectivity index is 1.70. The van der Waals surface area contributed by atoms with Gasteiger partial charge in [-0.15, -0.1) is 11.3 Å². The summed E-state index contributed by atoms with van der Waals surface area (Å²) in [6.45, 7) is 0. The number of thiophene rings is 1. The topological polar surface area (TPSA) is 99.8 Å². The van der Waals surface area contributed by atoms with Gasteiger partial charge < -0.3 is 0 Å². The van der Waals surface area contributed by atoms with Crippen LogP contribution >= 0.6 is 23.1 Å². The monoisotopic (exact) mass is 283 g/mol. The van der Waals surface area contributed by atoms with E-state index in [1.807, 2.05) is 0 Å². The number of aromatic nitrogens is 3. The Labute approximate surface area is 110 Å². The molecule has 2 amide bonds. The van der Waals surface area contributed by atoms with Gasteiger partial charge in [0.1, 0.15) is 6.33 Å². The van der Waals surface area contributed by atoms with Gasteiger partial charge in [-0.1, -0.05) is 17.8 Å². The molecule has 2 rings (SSSR count). The number of nitrogens with zero attached hydrogens (tertiary/aromatic N) is 2. The van der Waals surface area contributed by atoms with Gasteiger partial charge >= 0.3 is 0 Å². The fourth-order valence-corrected chi connectivity index (χ4v) is 2.23. The second kappa shape index (κ2) is 6.17. The third-order valence-corrected chi connectivity index (χ3v) is 3.54. The Bertz CT molecular complexity index is 511. The molecule has 0 atom stereocenters. The van der Waals surface area contributed by atoms with Crippen molar-refractivity contribution in [1.82, 2.24) is 26.0 Å². The van der Waals surface area contributed by atoms with E-state index in [9.17, 15) is 9.59 Å². The molecule has 0 aromatic carbocycles. The molecule has 0 aliphatic rings. The number of amides is 2. The maximum absolute atomic E-state index is 11.5. The Morgan fingerprint density at radius 1 is 1.44 bits per heavy atom. The zero-order valence-corrected chi connectivity index (χ0v) is 10.7. The van der Waals surface area contributed by atoms with Crippen LogP contribution in [0, 0.1) is 0 Å². The Morgan fingerprint density at radius 2 is 2.33 bits per heavy atom. The quantitative estimate of drug-likeness (QED) is 0.558. The molecule has 0 spiro atoms. The summed E-state index contributed by atoms with van der Waals surface area (Å²) in [4.78, 5) is 27.3. The molecule has 0 unspecified atom stereocenters. The van der Waals surface area contributed by atoms with Crippen LogP contribution in [-0.2, 0) is 4.79 Å². The van der Waals surface area contributed by atoms with Crippen LogP contribution in [0.4, 0.5) is 0 Å². The summed E-state index contributed by atoms with van der Waals surface area (Å²) in [6.07, 6.45) is 1.36. The first-order valence-corrected chi connectivity index (χ1v) is 6.73. The fraction of sp³-hybridized carbons (Fsp3) is 0.111. The Hall–Kier alpha value is -1.87. The molecule has 0 aliphatic heterocycles. The second-order valence-electron chi connectivity index (χ2n) is 3.06. The van der Waals surface area contributed by atoms with E-state index in [1.54, 1.807) is 17.5 Å². The van der Waals surface area contributed by atoms with E-state index < -0.39 is 0 Å². The van der Waals surface area contributed by atoms with Gasteiger partial charge in [0.05, 0.1) is 10.6 Å². The van der Waals surface area contributed by atoms with E-state index in [4.69, 9.17) is 0 Å². The Kier molecular flexibility index (Phi) is 4.31. The number of nitrogens with one attached hydrogen (secondary N) is 3. The lowest BCUT2D eigenvalue weighted by atomic mass is 10.4. The van der Waals surface area contributed by atoms with Crippen LogP contribution < -0.4 is 10.9 Å². The maximum Gasteiger partial charge on any atom is 0.279 e. The predicted molar refractivity (Wildman–Crippen MR) is 67.0 cm³/mol. The van der Waals surface area contributed by atoms with Crippen LogP contribution in [0.5, 0.6) is 0 Å². The van der Waals surface area contributed by atoms with E-state index in [2.05, 4.69) is 26.0 Å². The van der Waals surface area contributed by atoms with E-state index >= 15 is 0 Å². The summed E-state index contributed by atoms with van der Waals surface area (Å²) >= 11 is 2.50. The summed E-state index contributed by atoms with van der Waals surface area (Å²) in [6, 6.07) is 3.44. The molecule has 2 aromatic heterocycles. The van der Waals surface area contributed by atoms with E-state index in [0.29, 0.717) is 10.0 Å². The maximum atomic E-state index is 11.5. The first-order chi connectivity index (χ1) is 8.75. The minimum absolute atomic E-state index is 0.139. The molecule has 2 heterocycles. The normalized spacial score (nSPS) is 10.0. The van der Waals surface area contributed by atoms with Gasteiger partial charge in [-0.05, 0) is 11.4 Å². The molecule has 94 valence electrons. The molecule has 7 nitrogen and oxygen atoms in total. The lowest BCUT2D eigenvalue weighted by molar-refractivity contribution is -0.119. The lowest BCUT2D eigenvalue weighted by Gasteiger charge is -2.04. The fourth-order valence-electron chi connectivity index (χ4n) is 1.03. The van der Waals surface area contributed by atoms with Crippen LogP contribution in [0.3, 0.4) is 0 Å². The standard InChI is InChI=1S/C9H9N5O2S2/c15-7(4-18-9-10-5-11-14-9)12-13-8(16)6-2-1-3-17-6/h1-3,5H,4H2,(H,12,15)(H,13,16)(H,10,11,14). The van der Waals surface area contributed by atoms with Gasteiger partial charge in [-0.3, -0.25) is 25.5 Å². The lowest BCUT2D eigenvalue weighted by Crippen LogP contribution is -2.42. The van der Waals surface area contributed by atoms with Crippen molar-refractivity contribution in [1.29, 1.82) is 0 Å². The predicted octanol–water partition coefficient (Wildman–Crippen LogP) is 0.419. The number of carbonyl (C=O) groups excluding carboxylic acids is 2. The number of hydrogen-bond acceptors (Lipinski definition) is 6. The Morgan fingerprint density at radius 3 is 3.00 bits per heavy atom. The van der Waals surface area contributed by atoms with Crippen LogP contribution in [0.25, 0.3) is 0 Å². The van der Waals surface area contributed by atoms with Crippen molar-refractivity contribution < 1.29 is 9.59 Å². The first-order valence-electron chi connectivity index (χ1n) is 4.86. The second-order valence-corrected chi connectivity index (χ2v) is 4.97. The van der Waals surface area contributed by atoms with Gasteiger partial charge in [0.25, 0.3) is 5.91 Å². The van der Waals surface area contributed by atoms with Crippen molar-refractivity contribution in [2.75, 3.05) is 5.75 Å². The molecular formula is C9H9N5O2S2. The van der Waals surface area contributed by atoms with Gasteiger partial charge in [0.2, 0.25) is 5.91 Å². The molecule has 0 radical (unpaired) electrons. The minimum Gasteiger partial charge on any atom is -0.272 e. The number of H-pyrrole nitrogens is 1. The van der Waals surface area contributed by atoms with E-state index in [-0.39, 0.29) is 17.6 Å². The number of hydrazine groups is 1. The summed E-state index contributed by atoms with van der Waals surface area (Å²) in [5, 5.41) is 8.61. The highest BCUT2D eigenvalue weighted by Crippen LogP contribution is 2.09. The van der Waals surface area contributed by atoms with E-state index in [0.717, 1.165) is 0 Å². The van der Waals surface area contributed by atoms with Crippen LogP contribution in [-0.4, -0.2) is 32.7 Å². The van der Waals surface area contributed by atoms with Crippen molar-refractivity contribution >= 4 is 34.9 Å². The minimum atomic E-state index is -0.331. The third kappa shape index (κ3) is 3.57. The highest BCUT2D eigenvalue weighted by atomic mass is 32.2. The average molecular weight is 283 g/mol. The molecule has 2 aromatic rings. The van der Waals surface area contributed by atoms with E-state index in [1.165, 1.54) is 29.4 Å². The van der Waals surface area contributed by atoms with Gasteiger partial charge in [-0.2, -0.15) is 5.10 Å². The largest absolute Gasteiger partial charge is 0.279 e. The van der Waals surface area contributed by atoms with Crippen LogP contribution in [0.1, 0.15) is 9.67 Å². The highest BCUT2D eigenvalue weighted by Gasteiger charge is 2.08. The highest BCUT2D eigenvalue weighted by molar-refractivity contribution is 7.99. The van der Waals surface area contributed by atoms with Crippen molar-refractivity contribution in [3.05, 3.63) is 28.7 Å². The van der Waals surface area contributed by atoms with Crippen molar-refractivity contribution in [2.24, 2.45) is 0 Å². The molecule has 0 saturated carbocycles. The summed E-state index contributed by atoms with van der Waals surface area (Å²) < 4.78 is 0. The number of rotatable bonds is 4. The summed E-state index contributed by atoms with van der Waals surface area (Å²) in [5.41, 5.74) is 4.65. The first kappa shape index (κ1) is 12.6. The van der Waals surface area contributed by atoms with Gasteiger partial charge in [-0.25, -0.2) is 4.98 Å². The molecular weight excluding hydrogens is 274 g/mol. The molecule has 0 bridgehead atoms. The molecule has 0 aliphatic carbocycles. The molecule has 18 heavy (non-hydrogen) atoms. The van der Waals surface area contributed by atoms with Crippen molar-refractivity contribution in [3.63, 3.8) is 0 Å². The molecule has 0 fully saturated rings. The van der Waals surface area contributed by atoms with Gasteiger partial charge in [0.15, 0.2) is 5.16 Å². The zero-order chi connectivity index (χ0) is 12.8. The number of hydrogen-bond donors (Lipinski definition) is 3. The smallest absolute Gasteiger partial charge is 0.272 e. The molecule has 9 heteroatoms. The molecule has 3 N–H and O–H groups in total. The SMILES string of the molecule is O=C(CSc1ncn[nH]1)NNC(=O)c1cccs1. The number of carbonyl (C=O) groups is 2. The van der Waals surface area contributed by atoms with Crippen molar-refractivity contribution in [3.8, 4) is 0 Å². The summed E-state index contributed by atoms with van der Waals surface area (Å²) in [5.74, 6) is -0.510. The average Bonchev–Trinajstić information content (AvgIpc) is 3.05. The van der Waals surface area contributed by atoms with Crippen LogP contribution in [0.2, 0.25) is 0 Å². The number of aromatic amines is 1. The third-order valence-electron chi connectivity index (χ3n) is 1.79. The van der Waals surface area contributed by atoms with Gasteiger partial charge in [0, 0.05) is 0 Å². The van der Waals surface area contributed by atoms with Crippen molar-refractivity contribution in [2.45, 2.75) is 5.16 Å². The summed E-state index contributed by atoms with van der Waals surface area (Å²) in [7, 11) is 0. The zero-order valence-electron chi connectivity index (χ0n) is 9.04. The number of thioether (sulfide) groups is 1.